The van der Waals surface area contributed by atoms with E-state index in [9.17, 15) is 0 Å². The molecule has 0 bridgehead atoms. The van der Waals surface area contributed by atoms with Crippen molar-refractivity contribution in [1.82, 2.24) is 9.97 Å². The first-order valence-electron chi connectivity index (χ1n) is 5.48. The second-order valence-corrected chi connectivity index (χ2v) is 4.15. The Morgan fingerprint density at radius 3 is 2.75 bits per heavy atom. The monoisotopic (exact) mass is 224 g/mol. The number of aromatic nitrogens is 2. The third-order valence-electron chi connectivity index (χ3n) is 2.12. The van der Waals surface area contributed by atoms with Crippen LogP contribution in [0.25, 0.3) is 0 Å². The van der Waals surface area contributed by atoms with Gasteiger partial charge in [0.05, 0.1) is 6.61 Å². The standard InChI is InChI=1S/C11H20N4O/c1-8(2)6-9-7-11(15-12)14-10(13-9)4-5-16-3/h7-8H,4-6,12H2,1-3H3,(H,13,14,15). The number of nitrogens with zero attached hydrogens (tertiary/aromatic N) is 2. The van der Waals surface area contributed by atoms with Crippen LogP contribution in [-0.4, -0.2) is 23.7 Å². The summed E-state index contributed by atoms with van der Waals surface area (Å²) in [6.07, 6.45) is 1.63. The third kappa shape index (κ3) is 4.12. The molecule has 0 atom stereocenters. The average Bonchev–Trinajstić information content (AvgIpc) is 2.25. The van der Waals surface area contributed by atoms with E-state index in [2.05, 4.69) is 29.2 Å². The maximum atomic E-state index is 5.38. The molecule has 1 aromatic rings. The number of nitrogens with two attached hydrogens (primary N) is 1. The van der Waals surface area contributed by atoms with Gasteiger partial charge in [-0.1, -0.05) is 13.8 Å². The normalized spacial score (nSPS) is 10.8. The summed E-state index contributed by atoms with van der Waals surface area (Å²) in [6.45, 7) is 4.94. The van der Waals surface area contributed by atoms with Crippen LogP contribution in [0, 0.1) is 5.92 Å². The van der Waals surface area contributed by atoms with Crippen molar-refractivity contribution in [2.24, 2.45) is 11.8 Å². The molecule has 90 valence electrons. The van der Waals surface area contributed by atoms with Crippen LogP contribution in [0.5, 0.6) is 0 Å². The molecule has 0 amide bonds. The summed E-state index contributed by atoms with van der Waals surface area (Å²) in [5.74, 6) is 7.38. The van der Waals surface area contributed by atoms with E-state index in [4.69, 9.17) is 10.6 Å². The highest BCUT2D eigenvalue weighted by atomic mass is 16.5. The van der Waals surface area contributed by atoms with Gasteiger partial charge in [0, 0.05) is 25.3 Å². The molecule has 0 fully saturated rings. The zero-order valence-electron chi connectivity index (χ0n) is 10.2. The zero-order chi connectivity index (χ0) is 12.0. The average molecular weight is 224 g/mol. The summed E-state index contributed by atoms with van der Waals surface area (Å²) >= 11 is 0. The van der Waals surface area contributed by atoms with Gasteiger partial charge >= 0.3 is 0 Å². The van der Waals surface area contributed by atoms with Gasteiger partial charge in [0.1, 0.15) is 11.6 Å². The Hall–Kier alpha value is -1.20. The fraction of sp³-hybridized carbons (Fsp3) is 0.636. The minimum atomic E-state index is 0.566. The summed E-state index contributed by atoms with van der Waals surface area (Å²) < 4.78 is 5.01. The molecule has 0 saturated heterocycles. The molecule has 0 aliphatic heterocycles. The molecule has 0 radical (unpaired) electrons. The summed E-state index contributed by atoms with van der Waals surface area (Å²) in [6, 6.07) is 1.89. The smallest absolute Gasteiger partial charge is 0.143 e. The third-order valence-corrected chi connectivity index (χ3v) is 2.12. The first kappa shape index (κ1) is 12.9. The van der Waals surface area contributed by atoms with Gasteiger partial charge in [0.2, 0.25) is 0 Å². The summed E-state index contributed by atoms with van der Waals surface area (Å²) in [7, 11) is 1.67. The lowest BCUT2D eigenvalue weighted by Gasteiger charge is -2.09. The minimum absolute atomic E-state index is 0.566. The maximum absolute atomic E-state index is 5.38. The van der Waals surface area contributed by atoms with E-state index < -0.39 is 0 Å². The molecule has 5 nitrogen and oxygen atoms in total. The Bertz CT molecular complexity index is 328. The van der Waals surface area contributed by atoms with Crippen molar-refractivity contribution in [3.63, 3.8) is 0 Å². The number of methoxy groups -OCH3 is 1. The fourth-order valence-electron chi connectivity index (χ4n) is 1.45. The van der Waals surface area contributed by atoms with Crippen LogP contribution in [0.1, 0.15) is 25.4 Å². The molecular weight excluding hydrogens is 204 g/mol. The number of hydrogen-bond donors (Lipinski definition) is 2. The van der Waals surface area contributed by atoms with Crippen LogP contribution >= 0.6 is 0 Å². The van der Waals surface area contributed by atoms with Crippen LogP contribution in [0.2, 0.25) is 0 Å². The molecule has 0 aromatic carbocycles. The highest BCUT2D eigenvalue weighted by molar-refractivity contribution is 5.34. The zero-order valence-corrected chi connectivity index (χ0v) is 10.2. The van der Waals surface area contributed by atoms with Crippen molar-refractivity contribution in [2.45, 2.75) is 26.7 Å². The summed E-state index contributed by atoms with van der Waals surface area (Å²) in [5.41, 5.74) is 3.58. The van der Waals surface area contributed by atoms with Gasteiger partial charge in [-0.3, -0.25) is 0 Å². The molecule has 5 heteroatoms. The lowest BCUT2D eigenvalue weighted by atomic mass is 10.1. The van der Waals surface area contributed by atoms with E-state index in [1.165, 1.54) is 0 Å². The number of anilines is 1. The highest BCUT2D eigenvalue weighted by Gasteiger charge is 2.05. The number of hydrazine groups is 1. The van der Waals surface area contributed by atoms with Crippen molar-refractivity contribution in [1.29, 1.82) is 0 Å². The van der Waals surface area contributed by atoms with Crippen molar-refractivity contribution < 1.29 is 4.74 Å². The number of rotatable bonds is 6. The second kappa shape index (κ2) is 6.40. The van der Waals surface area contributed by atoms with Crippen molar-refractivity contribution in [3.8, 4) is 0 Å². The molecule has 1 aromatic heterocycles. The fourth-order valence-corrected chi connectivity index (χ4v) is 1.45. The Kier molecular flexibility index (Phi) is 5.14. The van der Waals surface area contributed by atoms with E-state index in [-0.39, 0.29) is 0 Å². The SMILES string of the molecule is COCCc1nc(CC(C)C)cc(NN)n1. The molecule has 0 saturated carbocycles. The molecule has 1 rings (SSSR count). The van der Waals surface area contributed by atoms with E-state index in [1.54, 1.807) is 7.11 Å². The van der Waals surface area contributed by atoms with Crippen molar-refractivity contribution in [3.05, 3.63) is 17.6 Å². The number of hydrogen-bond acceptors (Lipinski definition) is 5. The van der Waals surface area contributed by atoms with Gasteiger partial charge in [-0.15, -0.1) is 0 Å². The van der Waals surface area contributed by atoms with Gasteiger partial charge in [0.15, 0.2) is 0 Å². The van der Waals surface area contributed by atoms with Gasteiger partial charge in [0.25, 0.3) is 0 Å². The van der Waals surface area contributed by atoms with E-state index >= 15 is 0 Å². The molecule has 1 heterocycles. The van der Waals surface area contributed by atoms with Crippen molar-refractivity contribution >= 4 is 5.82 Å². The summed E-state index contributed by atoms with van der Waals surface area (Å²) in [4.78, 5) is 8.74. The van der Waals surface area contributed by atoms with Crippen molar-refractivity contribution in [2.75, 3.05) is 19.1 Å². The van der Waals surface area contributed by atoms with E-state index in [0.717, 1.165) is 17.9 Å². The van der Waals surface area contributed by atoms with Gasteiger partial charge in [-0.05, 0) is 12.3 Å². The van der Waals surface area contributed by atoms with Crippen LogP contribution in [0.15, 0.2) is 6.07 Å². The number of nitrogen functional groups attached to an aromatic ring is 1. The molecular formula is C11H20N4O. The highest BCUT2D eigenvalue weighted by Crippen LogP contribution is 2.10. The Labute approximate surface area is 96.4 Å². The second-order valence-electron chi connectivity index (χ2n) is 4.15. The molecule has 0 spiro atoms. The predicted molar refractivity (Wildman–Crippen MR) is 64.0 cm³/mol. The maximum Gasteiger partial charge on any atom is 0.143 e. The van der Waals surface area contributed by atoms with Crippen LogP contribution < -0.4 is 11.3 Å². The topological polar surface area (TPSA) is 73.1 Å². The molecule has 3 N–H and O–H groups in total. The lowest BCUT2D eigenvalue weighted by Crippen LogP contribution is -2.13. The lowest BCUT2D eigenvalue weighted by molar-refractivity contribution is 0.200. The van der Waals surface area contributed by atoms with Gasteiger partial charge < -0.3 is 10.2 Å². The quantitative estimate of drug-likeness (QED) is 0.560. The van der Waals surface area contributed by atoms with E-state index in [0.29, 0.717) is 24.8 Å². The van der Waals surface area contributed by atoms with E-state index in [1.807, 2.05) is 6.07 Å². The molecule has 0 aliphatic carbocycles. The summed E-state index contributed by atoms with van der Waals surface area (Å²) in [5, 5.41) is 0. The first-order chi connectivity index (χ1) is 7.65. The Morgan fingerprint density at radius 2 is 2.19 bits per heavy atom. The minimum Gasteiger partial charge on any atom is -0.384 e. The Balaban J connectivity index is 2.82. The molecule has 16 heavy (non-hydrogen) atoms. The van der Waals surface area contributed by atoms with Gasteiger partial charge in [-0.25, -0.2) is 15.8 Å². The predicted octanol–water partition coefficient (Wildman–Crippen LogP) is 1.15. The first-order valence-corrected chi connectivity index (χ1v) is 5.48. The number of nitrogens with one attached hydrogen (secondary N) is 1. The number of ether oxygens (including phenoxy) is 1. The van der Waals surface area contributed by atoms with Crippen LogP contribution in [0.3, 0.4) is 0 Å². The largest absolute Gasteiger partial charge is 0.384 e. The molecule has 0 unspecified atom stereocenters. The van der Waals surface area contributed by atoms with Gasteiger partial charge in [-0.2, -0.15) is 0 Å². The Morgan fingerprint density at radius 1 is 1.44 bits per heavy atom. The van der Waals surface area contributed by atoms with Crippen LogP contribution in [0.4, 0.5) is 5.82 Å². The van der Waals surface area contributed by atoms with Crippen LogP contribution in [-0.2, 0) is 17.6 Å². The molecule has 0 aliphatic rings.